The fraction of sp³-hybridized carbons (Fsp3) is 0.526. The molecule has 0 spiro atoms. The lowest BCUT2D eigenvalue weighted by molar-refractivity contribution is -0.147. The number of methoxy groups -OCH3 is 1. The van der Waals surface area contributed by atoms with Crippen molar-refractivity contribution in [2.75, 3.05) is 13.7 Å². The van der Waals surface area contributed by atoms with E-state index in [9.17, 15) is 9.59 Å². The van der Waals surface area contributed by atoms with Crippen molar-refractivity contribution in [2.24, 2.45) is 11.3 Å². The topological polar surface area (TPSA) is 75.3 Å². The number of rotatable bonds is 3. The summed E-state index contributed by atoms with van der Waals surface area (Å²) in [6.07, 6.45) is 2.42. The highest BCUT2D eigenvalue weighted by Gasteiger charge is 2.34. The molecule has 0 bridgehead atoms. The number of aromatic nitrogens is 2. The number of fused-ring (bicyclic) bond motifs is 3. The molecule has 1 aliphatic heterocycles. The SMILES string of the molecule is COC(=O)CC1Cc2cc(Br)c3[nH]ncc3c2CN(CC(C)(C)C)C1=O. The van der Waals surface area contributed by atoms with Crippen molar-refractivity contribution in [1.29, 1.82) is 0 Å². The first-order valence-electron chi connectivity index (χ1n) is 8.68. The molecular formula is C19H24BrN3O3. The van der Waals surface area contributed by atoms with Gasteiger partial charge in [0.1, 0.15) is 0 Å². The van der Waals surface area contributed by atoms with Gasteiger partial charge in [-0.1, -0.05) is 20.8 Å². The molecule has 3 rings (SSSR count). The van der Waals surface area contributed by atoms with Crippen LogP contribution in [0.3, 0.4) is 0 Å². The predicted molar refractivity (Wildman–Crippen MR) is 102 cm³/mol. The van der Waals surface area contributed by atoms with Crippen LogP contribution in [0.2, 0.25) is 0 Å². The number of H-pyrrole nitrogens is 1. The summed E-state index contributed by atoms with van der Waals surface area (Å²) in [6, 6.07) is 2.04. The number of esters is 1. The Bertz CT molecular complexity index is 854. The number of carbonyl (C=O) groups is 2. The third-order valence-electron chi connectivity index (χ3n) is 4.67. The van der Waals surface area contributed by atoms with Gasteiger partial charge in [-0.05, 0) is 45.0 Å². The summed E-state index contributed by atoms with van der Waals surface area (Å²) in [4.78, 5) is 26.9. The average Bonchev–Trinajstić information content (AvgIpc) is 3.00. The molecule has 0 saturated carbocycles. The van der Waals surface area contributed by atoms with Crippen molar-refractivity contribution in [3.8, 4) is 0 Å². The number of hydrogen-bond acceptors (Lipinski definition) is 4. The van der Waals surface area contributed by atoms with Crippen LogP contribution in [0.25, 0.3) is 10.9 Å². The van der Waals surface area contributed by atoms with Gasteiger partial charge in [0, 0.05) is 22.9 Å². The number of nitrogens with zero attached hydrogens (tertiary/aromatic N) is 2. The van der Waals surface area contributed by atoms with Gasteiger partial charge < -0.3 is 9.64 Å². The molecule has 0 saturated heterocycles. The molecule has 0 aliphatic carbocycles. The van der Waals surface area contributed by atoms with E-state index in [4.69, 9.17) is 4.74 Å². The Labute approximate surface area is 161 Å². The summed E-state index contributed by atoms with van der Waals surface area (Å²) in [6.45, 7) is 7.47. The third-order valence-corrected chi connectivity index (χ3v) is 5.30. The number of benzene rings is 1. The van der Waals surface area contributed by atoms with E-state index in [2.05, 4.69) is 46.9 Å². The fourth-order valence-electron chi connectivity index (χ4n) is 3.58. The molecule has 6 nitrogen and oxygen atoms in total. The molecule has 2 heterocycles. The van der Waals surface area contributed by atoms with Crippen molar-refractivity contribution >= 4 is 38.7 Å². The van der Waals surface area contributed by atoms with E-state index < -0.39 is 5.92 Å². The number of carbonyl (C=O) groups excluding carboxylic acids is 2. The second kappa shape index (κ2) is 7.02. The Morgan fingerprint density at radius 3 is 2.85 bits per heavy atom. The lowest BCUT2D eigenvalue weighted by Crippen LogP contribution is -2.40. The van der Waals surface area contributed by atoms with Crippen LogP contribution in [0, 0.1) is 11.3 Å². The van der Waals surface area contributed by atoms with E-state index in [0.29, 0.717) is 19.5 Å². The minimum atomic E-state index is -0.415. The molecule has 1 amide bonds. The first-order chi connectivity index (χ1) is 12.2. The van der Waals surface area contributed by atoms with E-state index in [1.807, 2.05) is 11.0 Å². The Hall–Kier alpha value is -1.89. The van der Waals surface area contributed by atoms with Crippen LogP contribution in [0.4, 0.5) is 0 Å². The maximum Gasteiger partial charge on any atom is 0.306 e. The summed E-state index contributed by atoms with van der Waals surface area (Å²) in [5, 5.41) is 8.19. The number of hydrogen-bond donors (Lipinski definition) is 1. The van der Waals surface area contributed by atoms with Crippen LogP contribution >= 0.6 is 15.9 Å². The predicted octanol–water partition coefficient (Wildman–Crippen LogP) is 3.44. The minimum absolute atomic E-state index is 0.00860. The monoisotopic (exact) mass is 421 g/mol. The van der Waals surface area contributed by atoms with Gasteiger partial charge >= 0.3 is 5.97 Å². The zero-order valence-electron chi connectivity index (χ0n) is 15.6. The van der Waals surface area contributed by atoms with Gasteiger partial charge in [0.25, 0.3) is 0 Å². The van der Waals surface area contributed by atoms with Gasteiger partial charge in [-0.3, -0.25) is 14.7 Å². The maximum absolute atomic E-state index is 13.2. The molecular weight excluding hydrogens is 398 g/mol. The van der Waals surface area contributed by atoms with E-state index in [1.54, 1.807) is 6.20 Å². The fourth-order valence-corrected chi connectivity index (χ4v) is 4.16. The Morgan fingerprint density at radius 1 is 1.46 bits per heavy atom. The molecule has 2 aromatic rings. The highest BCUT2D eigenvalue weighted by Crippen LogP contribution is 2.35. The highest BCUT2D eigenvalue weighted by atomic mass is 79.9. The summed E-state index contributed by atoms with van der Waals surface area (Å²) in [5.74, 6) is -0.762. The van der Waals surface area contributed by atoms with Gasteiger partial charge in [0.05, 0.1) is 31.2 Å². The van der Waals surface area contributed by atoms with Gasteiger partial charge in [0.2, 0.25) is 5.91 Å². The molecule has 7 heteroatoms. The van der Waals surface area contributed by atoms with Crippen LogP contribution in [0.15, 0.2) is 16.7 Å². The van der Waals surface area contributed by atoms with E-state index >= 15 is 0 Å². The smallest absolute Gasteiger partial charge is 0.306 e. The molecule has 1 aliphatic rings. The molecule has 1 aromatic heterocycles. The summed E-state index contributed by atoms with van der Waals surface area (Å²) < 4.78 is 5.73. The van der Waals surface area contributed by atoms with Crippen LogP contribution in [-0.4, -0.2) is 40.6 Å². The van der Waals surface area contributed by atoms with E-state index in [0.717, 1.165) is 26.5 Å². The number of halogens is 1. The van der Waals surface area contributed by atoms with E-state index in [1.165, 1.54) is 7.11 Å². The summed E-state index contributed by atoms with van der Waals surface area (Å²) in [5.41, 5.74) is 3.06. The minimum Gasteiger partial charge on any atom is -0.469 e. The first-order valence-corrected chi connectivity index (χ1v) is 9.48. The number of ether oxygens (including phenoxy) is 1. The quantitative estimate of drug-likeness (QED) is 0.770. The van der Waals surface area contributed by atoms with Crippen LogP contribution < -0.4 is 0 Å². The molecule has 140 valence electrons. The number of amides is 1. The maximum atomic E-state index is 13.2. The largest absolute Gasteiger partial charge is 0.469 e. The third kappa shape index (κ3) is 3.77. The zero-order chi connectivity index (χ0) is 19.1. The van der Waals surface area contributed by atoms with Crippen molar-refractivity contribution in [2.45, 2.75) is 40.2 Å². The van der Waals surface area contributed by atoms with Crippen molar-refractivity contribution in [3.05, 3.63) is 27.9 Å². The van der Waals surface area contributed by atoms with E-state index in [-0.39, 0.29) is 23.7 Å². The molecule has 1 unspecified atom stereocenters. The van der Waals surface area contributed by atoms with Gasteiger partial charge in [-0.25, -0.2) is 0 Å². The number of nitrogens with one attached hydrogen (secondary N) is 1. The van der Waals surface area contributed by atoms with Gasteiger partial charge in [-0.2, -0.15) is 5.10 Å². The zero-order valence-corrected chi connectivity index (χ0v) is 17.1. The van der Waals surface area contributed by atoms with Crippen molar-refractivity contribution < 1.29 is 14.3 Å². The van der Waals surface area contributed by atoms with Crippen LogP contribution in [-0.2, 0) is 27.3 Å². The second-order valence-electron chi connectivity index (χ2n) is 8.09. The molecule has 1 N–H and O–H groups in total. The molecule has 1 aromatic carbocycles. The standard InChI is InChI=1S/C19H24BrN3O3/c1-19(2,3)10-23-9-14-11(5-12(18(23)25)7-16(24)26-4)6-15(20)17-13(14)8-21-22-17/h6,8,12H,5,7,9-10H2,1-4H3,(H,21,22). The van der Waals surface area contributed by atoms with Crippen molar-refractivity contribution in [3.63, 3.8) is 0 Å². The Morgan fingerprint density at radius 2 is 2.19 bits per heavy atom. The normalized spacial score (nSPS) is 18.0. The Balaban J connectivity index is 2.08. The Kier molecular flexibility index (Phi) is 5.10. The highest BCUT2D eigenvalue weighted by molar-refractivity contribution is 9.10. The van der Waals surface area contributed by atoms with Gasteiger partial charge in [-0.15, -0.1) is 0 Å². The lowest BCUT2D eigenvalue weighted by atomic mass is 9.92. The molecule has 0 radical (unpaired) electrons. The molecule has 1 atom stereocenters. The second-order valence-corrected chi connectivity index (χ2v) is 8.95. The lowest BCUT2D eigenvalue weighted by Gasteiger charge is -2.31. The molecule has 26 heavy (non-hydrogen) atoms. The van der Waals surface area contributed by atoms with Crippen LogP contribution in [0.1, 0.15) is 38.3 Å². The summed E-state index contributed by atoms with van der Waals surface area (Å²) >= 11 is 3.58. The number of aromatic amines is 1. The average molecular weight is 422 g/mol. The van der Waals surface area contributed by atoms with Crippen LogP contribution in [0.5, 0.6) is 0 Å². The summed E-state index contributed by atoms with van der Waals surface area (Å²) in [7, 11) is 1.36. The molecule has 0 fully saturated rings. The van der Waals surface area contributed by atoms with Gasteiger partial charge in [0.15, 0.2) is 0 Å². The first kappa shape index (κ1) is 18.9. The van der Waals surface area contributed by atoms with Crippen molar-refractivity contribution in [1.82, 2.24) is 15.1 Å².